The zero-order chi connectivity index (χ0) is 13.3. The number of aromatic nitrogens is 1. The molecule has 0 radical (unpaired) electrons. The molecular weight excluding hydrogens is 228 g/mol. The number of carbonyl (C=O) groups excluding carboxylic acids is 1. The van der Waals surface area contributed by atoms with E-state index in [1.165, 1.54) is 12.7 Å². The maximum Gasteiger partial charge on any atom is 0.356 e. The Hall–Kier alpha value is -2.10. The Kier molecular flexibility index (Phi) is 3.19. The van der Waals surface area contributed by atoms with E-state index in [0.717, 1.165) is 5.39 Å². The molecule has 1 aromatic heterocycles. The van der Waals surface area contributed by atoms with E-state index in [9.17, 15) is 4.79 Å². The molecule has 1 aromatic carbocycles. The Labute approximate surface area is 106 Å². The molecule has 2 aromatic rings. The minimum Gasteiger partial charge on any atom is -0.464 e. The van der Waals surface area contributed by atoms with Crippen LogP contribution in [0.3, 0.4) is 0 Å². The largest absolute Gasteiger partial charge is 0.464 e. The second kappa shape index (κ2) is 4.64. The molecule has 0 saturated carbocycles. The SMILES string of the molecule is COC(=O)c1cc(N)c2cc(C(C)C)ccc2n1. The second-order valence-corrected chi connectivity index (χ2v) is 4.52. The third-order valence-corrected chi connectivity index (χ3v) is 2.93. The van der Waals surface area contributed by atoms with E-state index >= 15 is 0 Å². The standard InChI is InChI=1S/C14H16N2O2/c1-8(2)9-4-5-12-10(6-9)11(15)7-13(16-12)14(17)18-3/h4-8H,1-3H3,(H2,15,16). The van der Waals surface area contributed by atoms with Gasteiger partial charge in [0.25, 0.3) is 0 Å². The van der Waals surface area contributed by atoms with Gasteiger partial charge in [0.05, 0.1) is 12.6 Å². The third kappa shape index (κ3) is 2.14. The van der Waals surface area contributed by atoms with Crippen LogP contribution in [-0.4, -0.2) is 18.1 Å². The number of benzene rings is 1. The van der Waals surface area contributed by atoms with Gasteiger partial charge in [-0.15, -0.1) is 0 Å². The number of nitrogen functional groups attached to an aromatic ring is 1. The van der Waals surface area contributed by atoms with E-state index in [2.05, 4.69) is 23.6 Å². The lowest BCUT2D eigenvalue weighted by Gasteiger charge is -2.09. The molecule has 0 spiro atoms. The minimum atomic E-state index is -0.475. The van der Waals surface area contributed by atoms with Crippen LogP contribution in [0.4, 0.5) is 5.69 Å². The predicted molar refractivity (Wildman–Crippen MR) is 71.6 cm³/mol. The number of anilines is 1. The number of methoxy groups -OCH3 is 1. The lowest BCUT2D eigenvalue weighted by Crippen LogP contribution is -2.06. The number of fused-ring (bicyclic) bond motifs is 1. The van der Waals surface area contributed by atoms with Gasteiger partial charge < -0.3 is 10.5 Å². The van der Waals surface area contributed by atoms with Crippen molar-refractivity contribution in [2.45, 2.75) is 19.8 Å². The summed E-state index contributed by atoms with van der Waals surface area (Å²) >= 11 is 0. The average Bonchev–Trinajstić information content (AvgIpc) is 2.37. The highest BCUT2D eigenvalue weighted by Crippen LogP contribution is 2.25. The van der Waals surface area contributed by atoms with Crippen LogP contribution in [0.2, 0.25) is 0 Å². The summed E-state index contributed by atoms with van der Waals surface area (Å²) in [5.41, 5.74) is 8.66. The molecule has 2 rings (SSSR count). The van der Waals surface area contributed by atoms with Gasteiger partial charge in [0.1, 0.15) is 0 Å². The number of pyridine rings is 1. The van der Waals surface area contributed by atoms with Gasteiger partial charge >= 0.3 is 5.97 Å². The lowest BCUT2D eigenvalue weighted by atomic mass is 10.0. The van der Waals surface area contributed by atoms with Gasteiger partial charge in [0, 0.05) is 11.1 Å². The molecular formula is C14H16N2O2. The predicted octanol–water partition coefficient (Wildman–Crippen LogP) is 2.73. The number of esters is 1. The molecule has 2 N–H and O–H groups in total. The highest BCUT2D eigenvalue weighted by atomic mass is 16.5. The second-order valence-electron chi connectivity index (χ2n) is 4.52. The first-order valence-electron chi connectivity index (χ1n) is 5.81. The first kappa shape index (κ1) is 12.4. The van der Waals surface area contributed by atoms with Crippen molar-refractivity contribution >= 4 is 22.6 Å². The maximum atomic E-state index is 11.4. The van der Waals surface area contributed by atoms with Crippen molar-refractivity contribution in [3.05, 3.63) is 35.5 Å². The molecule has 18 heavy (non-hydrogen) atoms. The number of nitrogens with zero attached hydrogens (tertiary/aromatic N) is 1. The average molecular weight is 244 g/mol. The molecule has 0 bridgehead atoms. The molecule has 4 heteroatoms. The van der Waals surface area contributed by atoms with Crippen molar-refractivity contribution in [2.24, 2.45) is 0 Å². The molecule has 0 atom stereocenters. The molecule has 0 amide bonds. The number of hydrogen-bond acceptors (Lipinski definition) is 4. The number of nitrogens with two attached hydrogens (primary N) is 1. The van der Waals surface area contributed by atoms with Crippen molar-refractivity contribution in [1.82, 2.24) is 4.98 Å². The summed E-state index contributed by atoms with van der Waals surface area (Å²) in [6.45, 7) is 4.24. The van der Waals surface area contributed by atoms with Gasteiger partial charge in [-0.3, -0.25) is 0 Å². The van der Waals surface area contributed by atoms with Gasteiger partial charge in [-0.2, -0.15) is 0 Å². The van der Waals surface area contributed by atoms with Crippen LogP contribution >= 0.6 is 0 Å². The summed E-state index contributed by atoms with van der Waals surface area (Å²) in [5.74, 6) is -0.0504. The number of carbonyl (C=O) groups is 1. The smallest absolute Gasteiger partial charge is 0.356 e. The van der Waals surface area contributed by atoms with E-state index in [-0.39, 0.29) is 5.69 Å². The summed E-state index contributed by atoms with van der Waals surface area (Å²) in [6, 6.07) is 7.45. The number of hydrogen-bond donors (Lipinski definition) is 1. The van der Waals surface area contributed by atoms with Gasteiger partial charge in [0.15, 0.2) is 5.69 Å². The summed E-state index contributed by atoms with van der Waals surface area (Å²) in [5, 5.41) is 0.869. The molecule has 0 fully saturated rings. The highest BCUT2D eigenvalue weighted by molar-refractivity contribution is 5.97. The van der Waals surface area contributed by atoms with Crippen LogP contribution < -0.4 is 5.73 Å². The molecule has 0 aliphatic heterocycles. The topological polar surface area (TPSA) is 65.2 Å². The van der Waals surface area contributed by atoms with Gasteiger partial charge in [0.2, 0.25) is 0 Å². The van der Waals surface area contributed by atoms with E-state index in [1.54, 1.807) is 6.07 Å². The fourth-order valence-corrected chi connectivity index (χ4v) is 1.84. The Morgan fingerprint density at radius 1 is 1.33 bits per heavy atom. The van der Waals surface area contributed by atoms with Crippen LogP contribution in [0.1, 0.15) is 35.8 Å². The minimum absolute atomic E-state index is 0.236. The lowest BCUT2D eigenvalue weighted by molar-refractivity contribution is 0.0594. The quantitative estimate of drug-likeness (QED) is 0.825. The van der Waals surface area contributed by atoms with Crippen molar-refractivity contribution in [2.75, 3.05) is 12.8 Å². The van der Waals surface area contributed by atoms with E-state index in [0.29, 0.717) is 17.1 Å². The molecule has 0 aliphatic carbocycles. The van der Waals surface area contributed by atoms with Crippen LogP contribution in [0.15, 0.2) is 24.3 Å². The Morgan fingerprint density at radius 3 is 2.67 bits per heavy atom. The van der Waals surface area contributed by atoms with Crippen molar-refractivity contribution in [1.29, 1.82) is 0 Å². The number of ether oxygens (including phenoxy) is 1. The van der Waals surface area contributed by atoms with Crippen molar-refractivity contribution in [3.8, 4) is 0 Å². The fraction of sp³-hybridized carbons (Fsp3) is 0.286. The maximum absolute atomic E-state index is 11.4. The van der Waals surface area contributed by atoms with E-state index in [1.807, 2.05) is 18.2 Å². The molecule has 4 nitrogen and oxygen atoms in total. The zero-order valence-electron chi connectivity index (χ0n) is 10.7. The summed E-state index contributed by atoms with van der Waals surface area (Å²) in [4.78, 5) is 15.7. The Balaban J connectivity index is 2.62. The Morgan fingerprint density at radius 2 is 2.06 bits per heavy atom. The van der Waals surface area contributed by atoms with Crippen LogP contribution in [-0.2, 0) is 4.74 Å². The molecule has 0 aliphatic rings. The summed E-state index contributed by atoms with van der Waals surface area (Å²) in [6.07, 6.45) is 0. The molecule has 0 saturated heterocycles. The number of rotatable bonds is 2. The van der Waals surface area contributed by atoms with Crippen molar-refractivity contribution in [3.63, 3.8) is 0 Å². The van der Waals surface area contributed by atoms with E-state index < -0.39 is 5.97 Å². The van der Waals surface area contributed by atoms with Gasteiger partial charge in [-0.25, -0.2) is 9.78 Å². The van der Waals surface area contributed by atoms with Crippen LogP contribution in [0, 0.1) is 0 Å². The monoisotopic (exact) mass is 244 g/mol. The first-order chi connectivity index (χ1) is 8.52. The van der Waals surface area contributed by atoms with Crippen molar-refractivity contribution < 1.29 is 9.53 Å². The highest BCUT2D eigenvalue weighted by Gasteiger charge is 2.11. The van der Waals surface area contributed by atoms with Gasteiger partial charge in [-0.1, -0.05) is 19.9 Å². The van der Waals surface area contributed by atoms with Crippen LogP contribution in [0.25, 0.3) is 10.9 Å². The molecule has 1 heterocycles. The normalized spacial score (nSPS) is 10.9. The summed E-state index contributed by atoms with van der Waals surface area (Å²) in [7, 11) is 1.33. The first-order valence-corrected chi connectivity index (χ1v) is 5.81. The Bertz CT molecular complexity index is 606. The summed E-state index contributed by atoms with van der Waals surface area (Å²) < 4.78 is 4.65. The van der Waals surface area contributed by atoms with E-state index in [4.69, 9.17) is 5.73 Å². The third-order valence-electron chi connectivity index (χ3n) is 2.93. The van der Waals surface area contributed by atoms with Crippen LogP contribution in [0.5, 0.6) is 0 Å². The molecule has 94 valence electrons. The fourth-order valence-electron chi connectivity index (χ4n) is 1.84. The zero-order valence-corrected chi connectivity index (χ0v) is 10.7. The van der Waals surface area contributed by atoms with Gasteiger partial charge in [-0.05, 0) is 29.7 Å². The molecule has 0 unspecified atom stereocenters.